The van der Waals surface area contributed by atoms with Crippen molar-refractivity contribution in [2.45, 2.75) is 26.8 Å². The molecule has 3 aromatic rings. The highest BCUT2D eigenvalue weighted by Gasteiger charge is 2.10. The normalized spacial score (nSPS) is 11.0. The molecule has 3 rings (SSSR count). The minimum atomic E-state index is -0.141. The standard InChI is InChI=1S/C14H15N5O2S/c1-8-9(2)22-14(21)19(8)6-5-13(20)15-10-3-4-11-12(7-10)17-18-16-11/h3-4,7H,5-6H2,1-2H3,(H,15,20)(H,16,17,18). The molecule has 0 saturated carbocycles. The molecule has 22 heavy (non-hydrogen) atoms. The van der Waals surface area contributed by atoms with Crippen molar-refractivity contribution in [3.63, 3.8) is 0 Å². The second kappa shape index (κ2) is 5.72. The first-order chi connectivity index (χ1) is 10.5. The zero-order valence-electron chi connectivity index (χ0n) is 12.2. The smallest absolute Gasteiger partial charge is 0.307 e. The summed E-state index contributed by atoms with van der Waals surface area (Å²) in [5.41, 5.74) is 3.02. The molecular formula is C14H15N5O2S. The van der Waals surface area contributed by atoms with E-state index in [1.807, 2.05) is 13.8 Å². The van der Waals surface area contributed by atoms with Gasteiger partial charge in [-0.25, -0.2) is 0 Å². The van der Waals surface area contributed by atoms with Gasteiger partial charge in [0, 0.05) is 29.2 Å². The second-order valence-electron chi connectivity index (χ2n) is 4.99. The number of thiazole rings is 1. The van der Waals surface area contributed by atoms with Crippen LogP contribution in [0.4, 0.5) is 5.69 Å². The highest BCUT2D eigenvalue weighted by atomic mass is 32.1. The average molecular weight is 317 g/mol. The van der Waals surface area contributed by atoms with Gasteiger partial charge in [0.2, 0.25) is 5.91 Å². The number of carbonyl (C=O) groups excluding carboxylic acids is 1. The number of hydrogen-bond donors (Lipinski definition) is 2. The molecule has 2 heterocycles. The molecular weight excluding hydrogens is 302 g/mol. The van der Waals surface area contributed by atoms with E-state index in [0.29, 0.717) is 17.7 Å². The predicted molar refractivity (Wildman–Crippen MR) is 85.2 cm³/mol. The summed E-state index contributed by atoms with van der Waals surface area (Å²) in [5.74, 6) is -0.141. The minimum absolute atomic E-state index is 0.0215. The Hall–Kier alpha value is -2.48. The zero-order chi connectivity index (χ0) is 15.7. The van der Waals surface area contributed by atoms with Crippen LogP contribution in [0.1, 0.15) is 17.0 Å². The van der Waals surface area contributed by atoms with Gasteiger partial charge in [0.05, 0.1) is 0 Å². The van der Waals surface area contributed by atoms with Gasteiger partial charge in [0.25, 0.3) is 0 Å². The highest BCUT2D eigenvalue weighted by molar-refractivity contribution is 7.09. The fourth-order valence-electron chi connectivity index (χ4n) is 2.20. The van der Waals surface area contributed by atoms with Crippen LogP contribution in [0.15, 0.2) is 23.0 Å². The van der Waals surface area contributed by atoms with Crippen LogP contribution in [-0.4, -0.2) is 25.9 Å². The maximum Gasteiger partial charge on any atom is 0.307 e. The van der Waals surface area contributed by atoms with E-state index in [2.05, 4.69) is 20.7 Å². The number of H-pyrrole nitrogens is 1. The lowest BCUT2D eigenvalue weighted by Gasteiger charge is -2.07. The first kappa shape index (κ1) is 14.5. The van der Waals surface area contributed by atoms with Crippen LogP contribution >= 0.6 is 11.3 Å². The Balaban J connectivity index is 1.66. The van der Waals surface area contributed by atoms with Crippen molar-refractivity contribution in [3.05, 3.63) is 38.4 Å². The maximum atomic E-state index is 12.0. The van der Waals surface area contributed by atoms with Crippen molar-refractivity contribution in [2.24, 2.45) is 0 Å². The fourth-order valence-corrected chi connectivity index (χ4v) is 3.06. The van der Waals surface area contributed by atoms with Crippen molar-refractivity contribution in [1.82, 2.24) is 20.0 Å². The number of aromatic nitrogens is 4. The molecule has 0 aliphatic heterocycles. The largest absolute Gasteiger partial charge is 0.326 e. The van der Waals surface area contributed by atoms with Crippen LogP contribution in [0.5, 0.6) is 0 Å². The van der Waals surface area contributed by atoms with Crippen LogP contribution in [0, 0.1) is 13.8 Å². The molecule has 1 aromatic carbocycles. The Morgan fingerprint density at radius 1 is 1.32 bits per heavy atom. The van der Waals surface area contributed by atoms with Crippen molar-refractivity contribution >= 4 is 34.0 Å². The summed E-state index contributed by atoms with van der Waals surface area (Å²) in [7, 11) is 0. The molecule has 7 nitrogen and oxygen atoms in total. The number of anilines is 1. The van der Waals surface area contributed by atoms with Gasteiger partial charge in [-0.2, -0.15) is 15.4 Å². The molecule has 0 saturated heterocycles. The third-order valence-electron chi connectivity index (χ3n) is 3.54. The van der Waals surface area contributed by atoms with E-state index in [1.165, 1.54) is 11.3 Å². The molecule has 0 atom stereocenters. The molecule has 8 heteroatoms. The number of nitrogens with one attached hydrogen (secondary N) is 2. The summed E-state index contributed by atoms with van der Waals surface area (Å²) in [6, 6.07) is 5.31. The lowest BCUT2D eigenvalue weighted by atomic mass is 10.2. The molecule has 0 radical (unpaired) electrons. The van der Waals surface area contributed by atoms with Crippen molar-refractivity contribution in [1.29, 1.82) is 0 Å². The molecule has 2 aromatic heterocycles. The van der Waals surface area contributed by atoms with E-state index >= 15 is 0 Å². The summed E-state index contributed by atoms with van der Waals surface area (Å²) in [4.78, 5) is 24.8. The summed E-state index contributed by atoms with van der Waals surface area (Å²) >= 11 is 1.21. The number of hydrogen-bond acceptors (Lipinski definition) is 5. The molecule has 0 fully saturated rings. The Bertz CT molecular complexity index is 892. The van der Waals surface area contributed by atoms with E-state index in [9.17, 15) is 9.59 Å². The number of aromatic amines is 1. The maximum absolute atomic E-state index is 12.0. The molecule has 0 aliphatic rings. The van der Waals surface area contributed by atoms with Gasteiger partial charge < -0.3 is 9.88 Å². The van der Waals surface area contributed by atoms with Gasteiger partial charge in [0.15, 0.2) is 0 Å². The zero-order valence-corrected chi connectivity index (χ0v) is 13.0. The molecule has 0 unspecified atom stereocenters. The van der Waals surface area contributed by atoms with Crippen molar-refractivity contribution < 1.29 is 4.79 Å². The first-order valence-corrected chi connectivity index (χ1v) is 7.63. The second-order valence-corrected chi connectivity index (χ2v) is 6.15. The quantitative estimate of drug-likeness (QED) is 0.767. The van der Waals surface area contributed by atoms with Gasteiger partial charge in [-0.1, -0.05) is 11.3 Å². The topological polar surface area (TPSA) is 92.7 Å². The Morgan fingerprint density at radius 3 is 2.82 bits per heavy atom. The van der Waals surface area contributed by atoms with Gasteiger partial charge in [-0.05, 0) is 32.0 Å². The predicted octanol–water partition coefficient (Wildman–Crippen LogP) is 1.83. The first-order valence-electron chi connectivity index (χ1n) is 6.82. The summed E-state index contributed by atoms with van der Waals surface area (Å²) in [5, 5.41) is 13.3. The number of amides is 1. The monoisotopic (exact) mass is 317 g/mol. The third kappa shape index (κ3) is 2.77. The van der Waals surface area contributed by atoms with Gasteiger partial charge in [-0.15, -0.1) is 0 Å². The van der Waals surface area contributed by atoms with Crippen LogP contribution in [0.25, 0.3) is 11.0 Å². The van der Waals surface area contributed by atoms with Crippen LogP contribution in [0.3, 0.4) is 0 Å². The van der Waals surface area contributed by atoms with Gasteiger partial charge in [-0.3, -0.25) is 9.59 Å². The molecule has 2 N–H and O–H groups in total. The molecule has 0 spiro atoms. The summed E-state index contributed by atoms with van der Waals surface area (Å²) in [6.07, 6.45) is 0.244. The molecule has 0 bridgehead atoms. The number of nitrogens with zero attached hydrogens (tertiary/aromatic N) is 3. The van der Waals surface area contributed by atoms with Crippen LogP contribution in [0.2, 0.25) is 0 Å². The third-order valence-corrected chi connectivity index (χ3v) is 4.53. The number of carbonyl (C=O) groups is 1. The van der Waals surface area contributed by atoms with E-state index in [0.717, 1.165) is 16.1 Å². The molecule has 114 valence electrons. The van der Waals surface area contributed by atoms with E-state index in [-0.39, 0.29) is 17.2 Å². The van der Waals surface area contributed by atoms with Crippen molar-refractivity contribution in [2.75, 3.05) is 5.32 Å². The fraction of sp³-hybridized carbons (Fsp3) is 0.286. The van der Waals surface area contributed by atoms with E-state index < -0.39 is 0 Å². The Labute approximate surface area is 130 Å². The number of fused-ring (bicyclic) bond motifs is 1. The summed E-state index contributed by atoms with van der Waals surface area (Å²) < 4.78 is 1.64. The number of aryl methyl sites for hydroxylation is 1. The molecule has 0 aliphatic carbocycles. The van der Waals surface area contributed by atoms with E-state index in [1.54, 1.807) is 22.8 Å². The Morgan fingerprint density at radius 2 is 2.09 bits per heavy atom. The summed E-state index contributed by atoms with van der Waals surface area (Å²) in [6.45, 7) is 4.18. The lowest BCUT2D eigenvalue weighted by Crippen LogP contribution is -2.20. The number of rotatable bonds is 4. The lowest BCUT2D eigenvalue weighted by molar-refractivity contribution is -0.116. The SMILES string of the molecule is Cc1sc(=O)n(CCC(=O)Nc2ccc3n[nH]nc3c2)c1C. The molecule has 1 amide bonds. The minimum Gasteiger partial charge on any atom is -0.326 e. The van der Waals surface area contributed by atoms with Crippen LogP contribution in [-0.2, 0) is 11.3 Å². The van der Waals surface area contributed by atoms with Crippen LogP contribution < -0.4 is 10.2 Å². The van der Waals surface area contributed by atoms with Crippen molar-refractivity contribution in [3.8, 4) is 0 Å². The van der Waals surface area contributed by atoms with Gasteiger partial charge in [0.1, 0.15) is 11.0 Å². The van der Waals surface area contributed by atoms with E-state index in [4.69, 9.17) is 0 Å². The highest BCUT2D eigenvalue weighted by Crippen LogP contribution is 2.15. The average Bonchev–Trinajstić information content (AvgIpc) is 3.02. The number of benzene rings is 1. The van der Waals surface area contributed by atoms with Gasteiger partial charge >= 0.3 is 4.87 Å². The Kier molecular flexibility index (Phi) is 3.76.